The molecule has 1 aromatic carbocycles. The molecule has 0 aliphatic carbocycles. The van der Waals surface area contributed by atoms with Gasteiger partial charge in [0.15, 0.2) is 11.0 Å². The summed E-state index contributed by atoms with van der Waals surface area (Å²) < 4.78 is 5.10. The van der Waals surface area contributed by atoms with Crippen molar-refractivity contribution in [3.63, 3.8) is 0 Å². The van der Waals surface area contributed by atoms with Gasteiger partial charge in [0.1, 0.15) is 0 Å². The van der Waals surface area contributed by atoms with Gasteiger partial charge >= 0.3 is 0 Å². The van der Waals surface area contributed by atoms with Crippen LogP contribution in [0.15, 0.2) is 46.9 Å². The number of likely N-dealkylation sites (tertiary alicyclic amines) is 1. The van der Waals surface area contributed by atoms with Crippen LogP contribution >= 0.6 is 11.6 Å². The average molecular weight is 333 g/mol. The van der Waals surface area contributed by atoms with E-state index in [9.17, 15) is 4.79 Å². The van der Waals surface area contributed by atoms with Crippen LogP contribution in [0.2, 0.25) is 5.22 Å². The molecule has 122 valence electrons. The highest BCUT2D eigenvalue weighted by Crippen LogP contribution is 2.21. The smallest absolute Gasteiger partial charge is 0.287 e. The zero-order valence-corrected chi connectivity index (χ0v) is 13.8. The van der Waals surface area contributed by atoms with Crippen LogP contribution in [0.1, 0.15) is 29.0 Å². The van der Waals surface area contributed by atoms with Crippen LogP contribution in [0.4, 0.5) is 0 Å². The van der Waals surface area contributed by atoms with Crippen LogP contribution in [0.3, 0.4) is 0 Å². The summed E-state index contributed by atoms with van der Waals surface area (Å²) in [6.45, 7) is 3.90. The minimum absolute atomic E-state index is 0.198. The van der Waals surface area contributed by atoms with Crippen LogP contribution < -0.4 is 5.32 Å². The van der Waals surface area contributed by atoms with Crippen molar-refractivity contribution in [3.8, 4) is 0 Å². The minimum Gasteiger partial charge on any atom is -0.440 e. The maximum Gasteiger partial charge on any atom is 0.287 e. The molecule has 1 amide bonds. The molecule has 1 aliphatic heterocycles. The molecule has 0 saturated carbocycles. The lowest BCUT2D eigenvalue weighted by molar-refractivity contribution is 0.0924. The first kappa shape index (κ1) is 16.1. The molecule has 0 spiro atoms. The predicted molar refractivity (Wildman–Crippen MR) is 90.5 cm³/mol. The SMILES string of the molecule is O=C(NCC[C@H]1CCN(Cc2ccccc2)C1)c1ccc(Cl)o1. The van der Waals surface area contributed by atoms with E-state index in [0.29, 0.717) is 12.5 Å². The monoisotopic (exact) mass is 332 g/mol. The summed E-state index contributed by atoms with van der Waals surface area (Å²) in [7, 11) is 0. The number of carbonyl (C=O) groups is 1. The van der Waals surface area contributed by atoms with E-state index in [2.05, 4.69) is 34.5 Å². The van der Waals surface area contributed by atoms with Crippen LogP contribution in [0.5, 0.6) is 0 Å². The number of hydrogen-bond acceptors (Lipinski definition) is 3. The summed E-state index contributed by atoms with van der Waals surface area (Å²) in [5.74, 6) is 0.711. The number of nitrogens with one attached hydrogen (secondary N) is 1. The van der Waals surface area contributed by atoms with Gasteiger partial charge in [0, 0.05) is 19.6 Å². The largest absolute Gasteiger partial charge is 0.440 e. The summed E-state index contributed by atoms with van der Waals surface area (Å²) in [6.07, 6.45) is 2.18. The lowest BCUT2D eigenvalue weighted by atomic mass is 10.1. The van der Waals surface area contributed by atoms with Gasteiger partial charge in [-0.2, -0.15) is 0 Å². The molecule has 1 atom stereocenters. The van der Waals surface area contributed by atoms with Gasteiger partial charge in [-0.3, -0.25) is 9.69 Å². The Morgan fingerprint density at radius 2 is 2.09 bits per heavy atom. The highest BCUT2D eigenvalue weighted by Gasteiger charge is 2.22. The number of amides is 1. The highest BCUT2D eigenvalue weighted by atomic mass is 35.5. The molecule has 0 bridgehead atoms. The summed E-state index contributed by atoms with van der Waals surface area (Å²) in [4.78, 5) is 14.3. The Morgan fingerprint density at radius 1 is 1.26 bits per heavy atom. The number of hydrogen-bond donors (Lipinski definition) is 1. The van der Waals surface area contributed by atoms with Gasteiger partial charge in [0.25, 0.3) is 5.91 Å². The van der Waals surface area contributed by atoms with Crippen molar-refractivity contribution in [2.75, 3.05) is 19.6 Å². The molecule has 1 aliphatic rings. The third kappa shape index (κ3) is 4.60. The Bertz CT molecular complexity index is 641. The van der Waals surface area contributed by atoms with Gasteiger partial charge in [0.05, 0.1) is 0 Å². The average Bonchev–Trinajstić information content (AvgIpc) is 3.17. The summed E-state index contributed by atoms with van der Waals surface area (Å²) in [5, 5.41) is 3.13. The number of rotatable bonds is 6. The molecule has 1 saturated heterocycles. The van der Waals surface area contributed by atoms with Crippen molar-refractivity contribution >= 4 is 17.5 Å². The van der Waals surface area contributed by atoms with Crippen molar-refractivity contribution in [3.05, 3.63) is 59.0 Å². The van der Waals surface area contributed by atoms with Crippen molar-refractivity contribution in [1.29, 1.82) is 0 Å². The normalized spacial score (nSPS) is 18.2. The second kappa shape index (κ2) is 7.66. The molecule has 2 heterocycles. The number of nitrogens with zero attached hydrogens (tertiary/aromatic N) is 1. The second-order valence-corrected chi connectivity index (χ2v) is 6.40. The van der Waals surface area contributed by atoms with Crippen LogP contribution in [0, 0.1) is 5.92 Å². The zero-order valence-electron chi connectivity index (χ0n) is 13.0. The third-order valence-corrected chi connectivity index (χ3v) is 4.46. The van der Waals surface area contributed by atoms with Gasteiger partial charge < -0.3 is 9.73 Å². The summed E-state index contributed by atoms with van der Waals surface area (Å²) in [6, 6.07) is 13.7. The van der Waals surface area contributed by atoms with Crippen LogP contribution in [-0.4, -0.2) is 30.4 Å². The number of halogens is 1. The third-order valence-electron chi connectivity index (χ3n) is 4.25. The fourth-order valence-corrected chi connectivity index (χ4v) is 3.19. The Labute approximate surface area is 141 Å². The van der Waals surface area contributed by atoms with Gasteiger partial charge in [-0.1, -0.05) is 30.3 Å². The van der Waals surface area contributed by atoms with Crippen LogP contribution in [0.25, 0.3) is 0 Å². The van der Waals surface area contributed by atoms with E-state index in [4.69, 9.17) is 16.0 Å². The van der Waals surface area contributed by atoms with Gasteiger partial charge in [-0.05, 0) is 54.6 Å². The molecular formula is C18H21ClN2O2. The van der Waals surface area contributed by atoms with Gasteiger partial charge in [-0.15, -0.1) is 0 Å². The molecule has 0 radical (unpaired) electrons. The minimum atomic E-state index is -0.198. The van der Waals surface area contributed by atoms with Crippen molar-refractivity contribution in [1.82, 2.24) is 10.2 Å². The molecule has 3 rings (SSSR count). The van der Waals surface area contributed by atoms with E-state index in [1.165, 1.54) is 12.0 Å². The molecule has 0 unspecified atom stereocenters. The van der Waals surface area contributed by atoms with E-state index < -0.39 is 0 Å². The van der Waals surface area contributed by atoms with Crippen molar-refractivity contribution in [2.24, 2.45) is 5.92 Å². The Morgan fingerprint density at radius 3 is 2.83 bits per heavy atom. The highest BCUT2D eigenvalue weighted by molar-refractivity contribution is 6.29. The first-order chi connectivity index (χ1) is 11.2. The van der Waals surface area contributed by atoms with Gasteiger partial charge in [0.2, 0.25) is 0 Å². The fraction of sp³-hybridized carbons (Fsp3) is 0.389. The Balaban J connectivity index is 1.38. The first-order valence-electron chi connectivity index (χ1n) is 8.00. The Kier molecular flexibility index (Phi) is 5.36. The lowest BCUT2D eigenvalue weighted by Crippen LogP contribution is -2.26. The standard InChI is InChI=1S/C18H21ClN2O2/c19-17-7-6-16(23-17)18(22)20-10-8-15-9-11-21(13-15)12-14-4-2-1-3-5-14/h1-7,15H,8-13H2,(H,20,22)/t15-/m0/s1. The molecule has 2 aromatic rings. The molecule has 23 heavy (non-hydrogen) atoms. The van der Waals surface area contributed by atoms with Crippen molar-refractivity contribution in [2.45, 2.75) is 19.4 Å². The molecular weight excluding hydrogens is 312 g/mol. The fourth-order valence-electron chi connectivity index (χ4n) is 3.05. The predicted octanol–water partition coefficient (Wildman–Crippen LogP) is 3.58. The molecule has 5 heteroatoms. The van der Waals surface area contributed by atoms with Crippen LogP contribution in [-0.2, 0) is 6.54 Å². The quantitative estimate of drug-likeness (QED) is 0.879. The van der Waals surface area contributed by atoms with Gasteiger partial charge in [-0.25, -0.2) is 0 Å². The zero-order chi connectivity index (χ0) is 16.1. The Hall–Kier alpha value is -1.78. The topological polar surface area (TPSA) is 45.5 Å². The molecule has 1 aromatic heterocycles. The maximum absolute atomic E-state index is 11.9. The lowest BCUT2D eigenvalue weighted by Gasteiger charge is -2.16. The van der Waals surface area contributed by atoms with E-state index in [-0.39, 0.29) is 16.9 Å². The van der Waals surface area contributed by atoms with Crippen molar-refractivity contribution < 1.29 is 9.21 Å². The van der Waals surface area contributed by atoms with E-state index in [0.717, 1.165) is 26.1 Å². The van der Waals surface area contributed by atoms with E-state index in [1.807, 2.05) is 6.07 Å². The number of furan rings is 1. The number of carbonyl (C=O) groups excluding carboxylic acids is 1. The maximum atomic E-state index is 11.9. The number of benzene rings is 1. The molecule has 1 N–H and O–H groups in total. The summed E-state index contributed by atoms with van der Waals surface area (Å²) in [5.41, 5.74) is 1.36. The van der Waals surface area contributed by atoms with E-state index >= 15 is 0 Å². The summed E-state index contributed by atoms with van der Waals surface area (Å²) >= 11 is 5.67. The first-order valence-corrected chi connectivity index (χ1v) is 8.38. The second-order valence-electron chi connectivity index (χ2n) is 6.02. The molecule has 1 fully saturated rings. The van der Waals surface area contributed by atoms with E-state index in [1.54, 1.807) is 12.1 Å². The molecule has 4 nitrogen and oxygen atoms in total.